The third-order valence-electron chi connectivity index (χ3n) is 3.06. The molecule has 1 saturated heterocycles. The molecule has 20 heavy (non-hydrogen) atoms. The van der Waals surface area contributed by atoms with Gasteiger partial charge in [-0.1, -0.05) is 0 Å². The zero-order valence-electron chi connectivity index (χ0n) is 10.5. The van der Waals surface area contributed by atoms with E-state index in [0.717, 1.165) is 0 Å². The molecule has 0 unspecified atom stereocenters. The van der Waals surface area contributed by atoms with Gasteiger partial charge in [-0.2, -0.15) is 0 Å². The maximum Gasteiger partial charge on any atom is 0.326 e. The highest BCUT2D eigenvalue weighted by atomic mass is 79.9. The van der Waals surface area contributed by atoms with Crippen LogP contribution in [0.15, 0.2) is 21.2 Å². The van der Waals surface area contributed by atoms with Crippen molar-refractivity contribution in [3.8, 4) is 0 Å². The molecule has 7 nitrogen and oxygen atoms in total. The summed E-state index contributed by atoms with van der Waals surface area (Å²) in [6, 6.07) is 2.24. The number of amides is 2. The molecule has 1 aromatic heterocycles. The Kier molecular flexibility index (Phi) is 4.43. The van der Waals surface area contributed by atoms with Gasteiger partial charge in [0.2, 0.25) is 5.91 Å². The van der Waals surface area contributed by atoms with Gasteiger partial charge in [0, 0.05) is 6.54 Å². The normalized spacial score (nSPS) is 18.1. The fourth-order valence-electron chi connectivity index (χ4n) is 2.10. The molecule has 0 aromatic carbocycles. The zero-order chi connectivity index (χ0) is 14.7. The minimum Gasteiger partial charge on any atom is -0.480 e. The first-order valence-electron chi connectivity index (χ1n) is 6.05. The van der Waals surface area contributed by atoms with Gasteiger partial charge in [0.05, 0.1) is 6.54 Å². The van der Waals surface area contributed by atoms with Crippen LogP contribution in [0.1, 0.15) is 23.4 Å². The Bertz CT molecular complexity index is 542. The summed E-state index contributed by atoms with van der Waals surface area (Å²) in [6.07, 6.45) is 1.10. The van der Waals surface area contributed by atoms with Crippen LogP contribution in [-0.2, 0) is 9.59 Å². The molecule has 1 aliphatic heterocycles. The van der Waals surface area contributed by atoms with E-state index in [2.05, 4.69) is 21.2 Å². The summed E-state index contributed by atoms with van der Waals surface area (Å²) in [4.78, 5) is 35.8. The summed E-state index contributed by atoms with van der Waals surface area (Å²) in [7, 11) is 0. The lowest BCUT2D eigenvalue weighted by atomic mass is 10.2. The fourth-order valence-corrected chi connectivity index (χ4v) is 2.41. The van der Waals surface area contributed by atoms with Gasteiger partial charge in [-0.15, -0.1) is 0 Å². The molecule has 2 N–H and O–H groups in total. The molecule has 0 radical (unpaired) electrons. The van der Waals surface area contributed by atoms with Gasteiger partial charge >= 0.3 is 5.97 Å². The monoisotopic (exact) mass is 344 g/mol. The summed E-state index contributed by atoms with van der Waals surface area (Å²) in [5.41, 5.74) is 0. The van der Waals surface area contributed by atoms with Gasteiger partial charge in [0.15, 0.2) is 10.4 Å². The van der Waals surface area contributed by atoms with Crippen molar-refractivity contribution < 1.29 is 23.9 Å². The Labute approximate surface area is 123 Å². The first-order valence-corrected chi connectivity index (χ1v) is 6.84. The van der Waals surface area contributed by atoms with E-state index >= 15 is 0 Å². The summed E-state index contributed by atoms with van der Waals surface area (Å²) in [5.74, 6) is -1.86. The fraction of sp³-hybridized carbons (Fsp3) is 0.417. The second kappa shape index (κ2) is 6.08. The number of carboxylic acids is 1. The molecule has 0 bridgehead atoms. The molecule has 108 valence electrons. The Morgan fingerprint density at radius 2 is 2.20 bits per heavy atom. The highest BCUT2D eigenvalue weighted by Crippen LogP contribution is 2.17. The van der Waals surface area contributed by atoms with Crippen molar-refractivity contribution in [2.75, 3.05) is 13.1 Å². The van der Waals surface area contributed by atoms with Crippen LogP contribution in [0.25, 0.3) is 0 Å². The first-order chi connectivity index (χ1) is 9.49. The van der Waals surface area contributed by atoms with Crippen LogP contribution >= 0.6 is 15.9 Å². The summed E-state index contributed by atoms with van der Waals surface area (Å²) in [5, 5.41) is 11.4. The molecule has 2 heterocycles. The van der Waals surface area contributed by atoms with Crippen molar-refractivity contribution in [1.29, 1.82) is 0 Å². The lowest BCUT2D eigenvalue weighted by Crippen LogP contribution is -2.45. The minimum atomic E-state index is -1.02. The number of likely N-dealkylation sites (tertiary alicyclic amines) is 1. The molecular weight excluding hydrogens is 332 g/mol. The van der Waals surface area contributed by atoms with Gasteiger partial charge in [-0.3, -0.25) is 9.59 Å². The van der Waals surface area contributed by atoms with Crippen molar-refractivity contribution in [1.82, 2.24) is 10.2 Å². The van der Waals surface area contributed by atoms with Gasteiger partial charge in [0.25, 0.3) is 5.91 Å². The van der Waals surface area contributed by atoms with E-state index in [1.165, 1.54) is 11.0 Å². The number of halogens is 1. The molecule has 2 amide bonds. The Morgan fingerprint density at radius 1 is 1.45 bits per heavy atom. The third-order valence-corrected chi connectivity index (χ3v) is 3.48. The highest BCUT2D eigenvalue weighted by molar-refractivity contribution is 9.10. The van der Waals surface area contributed by atoms with Crippen LogP contribution in [0.3, 0.4) is 0 Å². The number of carbonyl (C=O) groups excluding carboxylic acids is 2. The number of carbonyl (C=O) groups is 3. The molecule has 0 spiro atoms. The summed E-state index contributed by atoms with van der Waals surface area (Å²) < 4.78 is 5.46. The molecule has 1 atom stereocenters. The molecular formula is C12H13BrN2O5. The van der Waals surface area contributed by atoms with E-state index in [9.17, 15) is 14.4 Å². The number of aliphatic carboxylic acids is 1. The van der Waals surface area contributed by atoms with Crippen LogP contribution in [0.4, 0.5) is 0 Å². The maximum atomic E-state index is 11.9. The third kappa shape index (κ3) is 3.19. The Morgan fingerprint density at radius 3 is 2.80 bits per heavy atom. The standard InChI is InChI=1S/C12H13BrN2O5/c13-9-4-3-8(20-9)11(17)14-6-10(16)15-5-1-2-7(15)12(18)19/h3-4,7H,1-2,5-6H2,(H,14,17)(H,18,19)/t7-/m0/s1. The molecule has 8 heteroatoms. The predicted octanol–water partition coefficient (Wildman–Crippen LogP) is 0.848. The largest absolute Gasteiger partial charge is 0.480 e. The van der Waals surface area contributed by atoms with E-state index in [4.69, 9.17) is 9.52 Å². The predicted molar refractivity (Wildman–Crippen MR) is 71.1 cm³/mol. The number of nitrogens with zero attached hydrogens (tertiary/aromatic N) is 1. The van der Waals surface area contributed by atoms with E-state index in [0.29, 0.717) is 24.1 Å². The van der Waals surface area contributed by atoms with E-state index in [1.54, 1.807) is 6.07 Å². The average molecular weight is 345 g/mol. The van der Waals surface area contributed by atoms with Crippen LogP contribution in [0.2, 0.25) is 0 Å². The van der Waals surface area contributed by atoms with Crippen LogP contribution < -0.4 is 5.32 Å². The number of furan rings is 1. The van der Waals surface area contributed by atoms with E-state index < -0.39 is 23.8 Å². The van der Waals surface area contributed by atoms with Gasteiger partial charge in [-0.05, 0) is 40.9 Å². The van der Waals surface area contributed by atoms with Crippen LogP contribution in [0, 0.1) is 0 Å². The number of carboxylic acid groups (broad SMARTS) is 1. The second-order valence-corrected chi connectivity index (χ2v) is 5.15. The Balaban J connectivity index is 1.89. The van der Waals surface area contributed by atoms with Crippen molar-refractivity contribution in [3.63, 3.8) is 0 Å². The number of rotatable bonds is 4. The second-order valence-electron chi connectivity index (χ2n) is 4.37. The van der Waals surface area contributed by atoms with Crippen LogP contribution in [0.5, 0.6) is 0 Å². The smallest absolute Gasteiger partial charge is 0.326 e. The van der Waals surface area contributed by atoms with Crippen molar-refractivity contribution in [2.45, 2.75) is 18.9 Å². The summed E-state index contributed by atoms with van der Waals surface area (Å²) >= 11 is 3.07. The summed E-state index contributed by atoms with van der Waals surface area (Å²) in [6.45, 7) is 0.152. The zero-order valence-corrected chi connectivity index (χ0v) is 12.1. The van der Waals surface area contributed by atoms with Gasteiger partial charge < -0.3 is 19.7 Å². The molecule has 1 aromatic rings. The van der Waals surface area contributed by atoms with Gasteiger partial charge in [0.1, 0.15) is 6.04 Å². The lowest BCUT2D eigenvalue weighted by molar-refractivity contribution is -0.147. The van der Waals surface area contributed by atoms with E-state index in [1.807, 2.05) is 0 Å². The lowest BCUT2D eigenvalue weighted by Gasteiger charge is -2.21. The van der Waals surface area contributed by atoms with E-state index in [-0.39, 0.29) is 12.3 Å². The molecule has 1 fully saturated rings. The van der Waals surface area contributed by atoms with Gasteiger partial charge in [-0.25, -0.2) is 4.79 Å². The molecule has 0 aliphatic carbocycles. The quantitative estimate of drug-likeness (QED) is 0.843. The highest BCUT2D eigenvalue weighted by Gasteiger charge is 2.33. The number of hydrogen-bond acceptors (Lipinski definition) is 4. The van der Waals surface area contributed by atoms with Crippen molar-refractivity contribution in [3.05, 3.63) is 22.6 Å². The topological polar surface area (TPSA) is 99.9 Å². The number of hydrogen-bond donors (Lipinski definition) is 2. The molecule has 1 aliphatic rings. The van der Waals surface area contributed by atoms with Crippen molar-refractivity contribution in [2.24, 2.45) is 0 Å². The SMILES string of the molecule is O=C(NCC(=O)N1CCC[C@H]1C(=O)O)c1ccc(Br)o1. The maximum absolute atomic E-state index is 11.9. The minimum absolute atomic E-state index is 0.0841. The van der Waals surface area contributed by atoms with Crippen LogP contribution in [-0.4, -0.2) is 46.9 Å². The molecule has 2 rings (SSSR count). The molecule has 0 saturated carbocycles. The number of nitrogens with one attached hydrogen (secondary N) is 1. The average Bonchev–Trinajstić information content (AvgIpc) is 3.03. The first kappa shape index (κ1) is 14.6. The Hall–Kier alpha value is -1.83. The van der Waals surface area contributed by atoms with Crippen molar-refractivity contribution >= 4 is 33.7 Å².